The third-order valence-electron chi connectivity index (χ3n) is 4.90. The number of H-pyrrole nitrogens is 1. The van der Waals surface area contributed by atoms with Crippen LogP contribution < -0.4 is 10.7 Å². The van der Waals surface area contributed by atoms with Gasteiger partial charge in [0.2, 0.25) is 10.0 Å². The number of rotatable bonds is 8. The summed E-state index contributed by atoms with van der Waals surface area (Å²) >= 11 is 0. The molecule has 0 spiro atoms. The van der Waals surface area contributed by atoms with Crippen LogP contribution >= 0.6 is 0 Å². The van der Waals surface area contributed by atoms with Crippen molar-refractivity contribution < 1.29 is 13.3 Å². The highest BCUT2D eigenvalue weighted by atomic mass is 32.2. The first-order chi connectivity index (χ1) is 15.1. The Balaban J connectivity index is 1.93. The summed E-state index contributed by atoms with van der Waals surface area (Å²) in [6.07, 6.45) is 1.43. The Labute approximate surface area is 184 Å². The molecular formula is C21H23N5O5S. The van der Waals surface area contributed by atoms with Gasteiger partial charge in [0, 0.05) is 23.5 Å². The smallest absolute Gasteiger partial charge is 0.280 e. The SMILES string of the molecule is CCCc1[nH]n(-c2ccc([N+](=O)[O-])cc2)c(=O)c1C(C)=NCc1ccc(S(N)(=O)=O)cc1. The third kappa shape index (κ3) is 5.01. The van der Waals surface area contributed by atoms with Gasteiger partial charge in [0.15, 0.2) is 0 Å². The van der Waals surface area contributed by atoms with Crippen molar-refractivity contribution in [1.82, 2.24) is 9.78 Å². The molecule has 3 rings (SSSR count). The highest BCUT2D eigenvalue weighted by Gasteiger charge is 2.18. The largest absolute Gasteiger partial charge is 0.294 e. The van der Waals surface area contributed by atoms with E-state index in [-0.39, 0.29) is 22.7 Å². The maximum atomic E-state index is 13.1. The molecule has 0 aliphatic heterocycles. The first kappa shape index (κ1) is 23.1. The van der Waals surface area contributed by atoms with E-state index in [1.54, 1.807) is 19.1 Å². The number of non-ortho nitro benzene ring substituents is 1. The molecule has 0 bridgehead atoms. The van der Waals surface area contributed by atoms with E-state index in [0.29, 0.717) is 23.4 Å². The van der Waals surface area contributed by atoms with E-state index in [2.05, 4.69) is 10.1 Å². The number of hydrogen-bond donors (Lipinski definition) is 2. The second kappa shape index (κ2) is 9.28. The van der Waals surface area contributed by atoms with E-state index in [4.69, 9.17) is 5.14 Å². The number of nitrogens with two attached hydrogens (primary N) is 1. The lowest BCUT2D eigenvalue weighted by molar-refractivity contribution is -0.384. The Morgan fingerprint density at radius 1 is 1.16 bits per heavy atom. The summed E-state index contributed by atoms with van der Waals surface area (Å²) in [5.74, 6) is 0. The number of nitrogens with zero attached hydrogens (tertiary/aromatic N) is 3. The van der Waals surface area contributed by atoms with Crippen LogP contribution in [0, 0.1) is 10.1 Å². The summed E-state index contributed by atoms with van der Waals surface area (Å²) < 4.78 is 24.1. The summed E-state index contributed by atoms with van der Waals surface area (Å²) in [6.45, 7) is 3.98. The lowest BCUT2D eigenvalue weighted by atomic mass is 10.1. The average Bonchev–Trinajstić information content (AvgIpc) is 3.08. The van der Waals surface area contributed by atoms with Crippen molar-refractivity contribution in [2.24, 2.45) is 10.1 Å². The molecule has 0 amide bonds. The zero-order valence-electron chi connectivity index (χ0n) is 17.6. The third-order valence-corrected chi connectivity index (χ3v) is 5.83. The number of nitro groups is 1. The van der Waals surface area contributed by atoms with Crippen LogP contribution in [0.3, 0.4) is 0 Å². The number of aryl methyl sites for hydroxylation is 1. The number of nitrogens with one attached hydrogen (secondary N) is 1. The molecule has 0 fully saturated rings. The van der Waals surface area contributed by atoms with Crippen LogP contribution in [0.25, 0.3) is 5.69 Å². The fraction of sp³-hybridized carbons (Fsp3) is 0.238. The number of hydrogen-bond acceptors (Lipinski definition) is 6. The molecule has 0 atom stereocenters. The molecule has 2 aromatic carbocycles. The molecule has 1 aromatic heterocycles. The fourth-order valence-electron chi connectivity index (χ4n) is 3.27. The first-order valence-electron chi connectivity index (χ1n) is 9.83. The van der Waals surface area contributed by atoms with E-state index in [0.717, 1.165) is 17.7 Å². The van der Waals surface area contributed by atoms with Crippen molar-refractivity contribution >= 4 is 21.4 Å². The Kier molecular flexibility index (Phi) is 6.70. The van der Waals surface area contributed by atoms with Gasteiger partial charge in [-0.2, -0.15) is 0 Å². The quantitative estimate of drug-likeness (QED) is 0.302. The summed E-state index contributed by atoms with van der Waals surface area (Å²) in [7, 11) is -3.76. The molecule has 3 aromatic rings. The number of aromatic amines is 1. The van der Waals surface area contributed by atoms with E-state index < -0.39 is 14.9 Å². The lowest BCUT2D eigenvalue weighted by Gasteiger charge is -2.03. The normalized spacial score (nSPS) is 12.2. The van der Waals surface area contributed by atoms with Crippen LogP contribution in [0.5, 0.6) is 0 Å². The van der Waals surface area contributed by atoms with Gasteiger partial charge in [0.25, 0.3) is 11.2 Å². The van der Waals surface area contributed by atoms with Crippen LogP contribution in [0.15, 0.2) is 63.2 Å². The molecule has 0 saturated carbocycles. The minimum absolute atomic E-state index is 0.0174. The molecule has 0 aliphatic carbocycles. The zero-order valence-corrected chi connectivity index (χ0v) is 18.4. The Bertz CT molecular complexity index is 1320. The average molecular weight is 458 g/mol. The molecule has 10 nitrogen and oxygen atoms in total. The van der Waals surface area contributed by atoms with Gasteiger partial charge in [-0.1, -0.05) is 25.5 Å². The number of benzene rings is 2. The molecule has 3 N–H and O–H groups in total. The molecule has 0 unspecified atom stereocenters. The van der Waals surface area contributed by atoms with Gasteiger partial charge in [-0.3, -0.25) is 25.0 Å². The first-order valence-corrected chi connectivity index (χ1v) is 11.4. The van der Waals surface area contributed by atoms with E-state index in [1.807, 2.05) is 6.92 Å². The van der Waals surface area contributed by atoms with Crippen molar-refractivity contribution in [1.29, 1.82) is 0 Å². The van der Waals surface area contributed by atoms with E-state index in [1.165, 1.54) is 41.1 Å². The van der Waals surface area contributed by atoms with Crippen LogP contribution in [0.2, 0.25) is 0 Å². The maximum Gasteiger partial charge on any atom is 0.280 e. The van der Waals surface area contributed by atoms with Gasteiger partial charge >= 0.3 is 0 Å². The van der Waals surface area contributed by atoms with Gasteiger partial charge in [-0.15, -0.1) is 0 Å². The van der Waals surface area contributed by atoms with Crippen molar-refractivity contribution in [2.45, 2.75) is 38.1 Å². The van der Waals surface area contributed by atoms with Gasteiger partial charge in [-0.25, -0.2) is 18.2 Å². The topological polar surface area (TPSA) is 153 Å². The Morgan fingerprint density at radius 2 is 1.78 bits per heavy atom. The minimum Gasteiger partial charge on any atom is -0.294 e. The monoisotopic (exact) mass is 457 g/mol. The van der Waals surface area contributed by atoms with Gasteiger partial charge in [0.1, 0.15) is 0 Å². The highest BCUT2D eigenvalue weighted by Crippen LogP contribution is 2.16. The summed E-state index contributed by atoms with van der Waals surface area (Å²) in [5, 5.41) is 19.1. The Hall–Kier alpha value is -3.57. The number of primary sulfonamides is 1. The summed E-state index contributed by atoms with van der Waals surface area (Å²) in [6, 6.07) is 11.8. The molecule has 0 radical (unpaired) electrons. The maximum absolute atomic E-state index is 13.1. The van der Waals surface area contributed by atoms with Gasteiger partial charge < -0.3 is 0 Å². The second-order valence-corrected chi connectivity index (χ2v) is 8.78. The van der Waals surface area contributed by atoms with Crippen LogP contribution in [-0.2, 0) is 23.0 Å². The molecule has 0 aliphatic rings. The molecule has 168 valence electrons. The van der Waals surface area contributed by atoms with Crippen molar-refractivity contribution in [3.63, 3.8) is 0 Å². The molecule has 11 heteroatoms. The molecule has 32 heavy (non-hydrogen) atoms. The number of nitro benzene ring substituents is 1. The van der Waals surface area contributed by atoms with Crippen molar-refractivity contribution in [2.75, 3.05) is 0 Å². The molecule has 1 heterocycles. The second-order valence-electron chi connectivity index (χ2n) is 7.22. The van der Waals surface area contributed by atoms with Crippen LogP contribution in [0.1, 0.15) is 37.1 Å². The van der Waals surface area contributed by atoms with E-state index in [9.17, 15) is 23.3 Å². The van der Waals surface area contributed by atoms with E-state index >= 15 is 0 Å². The van der Waals surface area contributed by atoms with Gasteiger partial charge in [0.05, 0.1) is 27.6 Å². The lowest BCUT2D eigenvalue weighted by Crippen LogP contribution is -2.20. The molecular weight excluding hydrogens is 434 g/mol. The summed E-state index contributed by atoms with van der Waals surface area (Å²) in [5.41, 5.74) is 2.59. The number of aliphatic imine (C=N–C) groups is 1. The Morgan fingerprint density at radius 3 is 2.31 bits per heavy atom. The van der Waals surface area contributed by atoms with Crippen molar-refractivity contribution in [3.8, 4) is 5.69 Å². The predicted molar refractivity (Wildman–Crippen MR) is 121 cm³/mol. The van der Waals surface area contributed by atoms with Crippen LogP contribution in [-0.4, -0.2) is 28.8 Å². The zero-order chi connectivity index (χ0) is 23.5. The fourth-order valence-corrected chi connectivity index (χ4v) is 3.78. The standard InChI is InChI=1S/C21H23N5O5S/c1-3-4-19-20(14(2)23-13-15-5-11-18(12-6-15)32(22,30)31)21(27)25(24-19)16-7-9-17(10-8-16)26(28)29/h5-12,24H,3-4,13H2,1-2H3,(H2,22,30,31). The number of sulfonamides is 1. The number of aromatic nitrogens is 2. The van der Waals surface area contributed by atoms with Crippen LogP contribution in [0.4, 0.5) is 5.69 Å². The van der Waals surface area contributed by atoms with Crippen molar-refractivity contribution in [3.05, 3.63) is 85.8 Å². The molecule has 0 saturated heterocycles. The van der Waals surface area contributed by atoms with Gasteiger partial charge in [-0.05, 0) is 43.2 Å². The minimum atomic E-state index is -3.76. The highest BCUT2D eigenvalue weighted by molar-refractivity contribution is 7.89. The predicted octanol–water partition coefficient (Wildman–Crippen LogP) is 2.68. The summed E-state index contributed by atoms with van der Waals surface area (Å²) in [4.78, 5) is 28.0.